The molecule has 0 radical (unpaired) electrons. The Balaban J connectivity index is 1.86. The van der Waals surface area contributed by atoms with Crippen molar-refractivity contribution in [1.29, 1.82) is 0 Å². The largest absolute Gasteiger partial charge is 0.366 e. The van der Waals surface area contributed by atoms with Gasteiger partial charge in [-0.3, -0.25) is 9.59 Å². The Morgan fingerprint density at radius 1 is 0.955 bits per heavy atom. The van der Waals surface area contributed by atoms with Gasteiger partial charge in [0.1, 0.15) is 5.69 Å². The summed E-state index contributed by atoms with van der Waals surface area (Å²) in [7, 11) is 0. The molecule has 0 bridgehead atoms. The summed E-state index contributed by atoms with van der Waals surface area (Å²) in [5.41, 5.74) is 7.61. The quantitative estimate of drug-likeness (QED) is 0.751. The summed E-state index contributed by atoms with van der Waals surface area (Å²) in [6, 6.07) is 18.0. The van der Waals surface area contributed by atoms with Crippen molar-refractivity contribution in [1.82, 2.24) is 4.98 Å². The highest BCUT2D eigenvalue weighted by atomic mass is 16.1. The molecule has 108 valence electrons. The van der Waals surface area contributed by atoms with Crippen LogP contribution in [-0.2, 0) is 6.42 Å². The number of primary amides is 1. The molecule has 0 spiro atoms. The van der Waals surface area contributed by atoms with Crippen molar-refractivity contribution < 1.29 is 9.59 Å². The smallest absolute Gasteiger partial charge is 0.248 e. The molecule has 2 aromatic carbocycles. The van der Waals surface area contributed by atoms with Gasteiger partial charge in [-0.25, -0.2) is 4.98 Å². The van der Waals surface area contributed by atoms with Gasteiger partial charge in [0.15, 0.2) is 5.78 Å². The third-order valence-electron chi connectivity index (χ3n) is 3.46. The first-order valence-corrected chi connectivity index (χ1v) is 6.91. The van der Waals surface area contributed by atoms with Gasteiger partial charge in [0.2, 0.25) is 5.91 Å². The molecule has 0 aliphatic heterocycles. The number of pyridine rings is 1. The number of aromatic nitrogens is 1. The fraction of sp³-hybridized carbons (Fsp3) is 0.0556. The van der Waals surface area contributed by atoms with E-state index < -0.39 is 5.91 Å². The number of ketones is 1. The lowest BCUT2D eigenvalue weighted by molar-refractivity contribution is 0.0981. The minimum absolute atomic E-state index is 0.0904. The van der Waals surface area contributed by atoms with Gasteiger partial charge in [-0.1, -0.05) is 36.4 Å². The first-order valence-electron chi connectivity index (χ1n) is 6.91. The predicted octanol–water partition coefficient (Wildman–Crippen LogP) is 2.76. The number of hydrogen-bond acceptors (Lipinski definition) is 3. The molecule has 0 unspecified atom stereocenters. The molecule has 0 fully saturated rings. The van der Waals surface area contributed by atoms with Crippen LogP contribution < -0.4 is 5.73 Å². The van der Waals surface area contributed by atoms with E-state index in [1.807, 2.05) is 30.3 Å². The summed E-state index contributed by atoms with van der Waals surface area (Å²) in [4.78, 5) is 27.9. The van der Waals surface area contributed by atoms with E-state index in [9.17, 15) is 9.59 Å². The fourth-order valence-corrected chi connectivity index (χ4v) is 2.33. The van der Waals surface area contributed by atoms with Gasteiger partial charge in [-0.2, -0.15) is 0 Å². The van der Waals surface area contributed by atoms with Crippen molar-refractivity contribution in [2.75, 3.05) is 0 Å². The summed E-state index contributed by atoms with van der Waals surface area (Å²) in [5, 5.41) is 0.995. The van der Waals surface area contributed by atoms with Crippen molar-refractivity contribution in [2.45, 2.75) is 6.42 Å². The Hall–Kier alpha value is -3.01. The zero-order chi connectivity index (χ0) is 15.5. The summed E-state index contributed by atoms with van der Waals surface area (Å²) in [5.74, 6) is -0.592. The van der Waals surface area contributed by atoms with Gasteiger partial charge in [0.05, 0.1) is 5.52 Å². The molecule has 0 aliphatic rings. The second kappa shape index (κ2) is 5.77. The van der Waals surface area contributed by atoms with Crippen LogP contribution in [0.2, 0.25) is 0 Å². The van der Waals surface area contributed by atoms with Crippen LogP contribution in [0.25, 0.3) is 10.9 Å². The predicted molar refractivity (Wildman–Crippen MR) is 84.7 cm³/mol. The van der Waals surface area contributed by atoms with Crippen molar-refractivity contribution in [3.63, 3.8) is 0 Å². The topological polar surface area (TPSA) is 73.1 Å². The number of para-hydroxylation sites is 1. The maximum atomic E-state index is 12.4. The highest BCUT2D eigenvalue weighted by Crippen LogP contribution is 2.14. The van der Waals surface area contributed by atoms with E-state index in [-0.39, 0.29) is 12.2 Å². The number of nitrogens with zero attached hydrogens (tertiary/aromatic N) is 1. The number of hydrogen-bond donors (Lipinski definition) is 1. The van der Waals surface area contributed by atoms with Crippen molar-refractivity contribution in [2.24, 2.45) is 5.73 Å². The summed E-state index contributed by atoms with van der Waals surface area (Å²) in [6.45, 7) is 0. The van der Waals surface area contributed by atoms with Crippen molar-refractivity contribution in [3.8, 4) is 0 Å². The maximum Gasteiger partial charge on any atom is 0.248 e. The van der Waals surface area contributed by atoms with Crippen LogP contribution in [0.5, 0.6) is 0 Å². The van der Waals surface area contributed by atoms with Crippen LogP contribution in [-0.4, -0.2) is 16.7 Å². The first kappa shape index (κ1) is 13.9. The SMILES string of the molecule is NC(=O)c1cccc(CC(=O)c2ccc3ccccc3n2)c1. The molecule has 3 aromatic rings. The lowest BCUT2D eigenvalue weighted by atomic mass is 10.0. The van der Waals surface area contributed by atoms with Gasteiger partial charge >= 0.3 is 0 Å². The minimum Gasteiger partial charge on any atom is -0.366 e. The Morgan fingerprint density at radius 2 is 1.77 bits per heavy atom. The molecular formula is C18H14N2O2. The average Bonchev–Trinajstić information content (AvgIpc) is 2.54. The lowest BCUT2D eigenvalue weighted by Crippen LogP contribution is -2.12. The standard InChI is InChI=1S/C18H14N2O2/c19-18(22)14-6-3-4-12(10-14)11-17(21)16-9-8-13-5-1-2-7-15(13)20-16/h1-10H,11H2,(H2,19,22). The second-order valence-electron chi connectivity index (χ2n) is 5.05. The normalized spacial score (nSPS) is 10.5. The van der Waals surface area contributed by atoms with Crippen molar-refractivity contribution >= 4 is 22.6 Å². The number of amides is 1. The Bertz CT molecular complexity index is 872. The van der Waals surface area contributed by atoms with E-state index in [1.54, 1.807) is 30.3 Å². The summed E-state index contributed by atoms with van der Waals surface area (Å²) < 4.78 is 0. The average molecular weight is 290 g/mol. The van der Waals surface area contributed by atoms with Gasteiger partial charge in [-0.05, 0) is 29.8 Å². The molecule has 0 saturated carbocycles. The van der Waals surface area contributed by atoms with Gasteiger partial charge in [0, 0.05) is 17.4 Å². The zero-order valence-electron chi connectivity index (χ0n) is 11.8. The number of benzene rings is 2. The molecule has 4 nitrogen and oxygen atoms in total. The van der Waals surface area contributed by atoms with Crippen LogP contribution in [0.4, 0.5) is 0 Å². The van der Waals surface area contributed by atoms with E-state index in [4.69, 9.17) is 5.73 Å². The molecule has 2 N–H and O–H groups in total. The monoisotopic (exact) mass is 290 g/mol. The molecule has 0 saturated heterocycles. The van der Waals surface area contributed by atoms with Crippen LogP contribution in [0.3, 0.4) is 0 Å². The lowest BCUT2D eigenvalue weighted by Gasteiger charge is -2.04. The Labute approximate surface area is 127 Å². The Kier molecular flexibility index (Phi) is 3.66. The number of rotatable bonds is 4. The van der Waals surface area contributed by atoms with E-state index in [2.05, 4.69) is 4.98 Å². The number of Topliss-reactive ketones (excluding diaryl/α,β-unsaturated/α-hetero) is 1. The number of fused-ring (bicyclic) bond motifs is 1. The van der Waals surface area contributed by atoms with E-state index in [1.165, 1.54) is 0 Å². The molecule has 1 heterocycles. The maximum absolute atomic E-state index is 12.4. The molecule has 1 aromatic heterocycles. The van der Waals surface area contributed by atoms with Crippen molar-refractivity contribution in [3.05, 3.63) is 77.5 Å². The second-order valence-corrected chi connectivity index (χ2v) is 5.05. The van der Waals surface area contributed by atoms with Gasteiger partial charge in [-0.15, -0.1) is 0 Å². The van der Waals surface area contributed by atoms with E-state index in [0.29, 0.717) is 11.3 Å². The summed E-state index contributed by atoms with van der Waals surface area (Å²) >= 11 is 0. The number of carbonyl (C=O) groups excluding carboxylic acids is 2. The first-order chi connectivity index (χ1) is 10.6. The van der Waals surface area contributed by atoms with E-state index >= 15 is 0 Å². The molecule has 4 heteroatoms. The van der Waals surface area contributed by atoms with E-state index in [0.717, 1.165) is 16.5 Å². The molecule has 3 rings (SSSR count). The third-order valence-corrected chi connectivity index (χ3v) is 3.46. The molecular weight excluding hydrogens is 276 g/mol. The number of carbonyl (C=O) groups is 2. The molecule has 1 amide bonds. The Morgan fingerprint density at radius 3 is 2.59 bits per heavy atom. The molecule has 22 heavy (non-hydrogen) atoms. The highest BCUT2D eigenvalue weighted by molar-refractivity contribution is 5.98. The zero-order valence-corrected chi connectivity index (χ0v) is 11.8. The van der Waals surface area contributed by atoms with Crippen LogP contribution in [0.1, 0.15) is 26.4 Å². The minimum atomic E-state index is -0.502. The molecule has 0 atom stereocenters. The highest BCUT2D eigenvalue weighted by Gasteiger charge is 2.10. The van der Waals surface area contributed by atoms with Gasteiger partial charge < -0.3 is 5.73 Å². The van der Waals surface area contributed by atoms with Crippen LogP contribution in [0.15, 0.2) is 60.7 Å². The summed E-state index contributed by atoms with van der Waals surface area (Å²) in [6.07, 6.45) is 0.187. The number of nitrogens with two attached hydrogens (primary N) is 1. The third kappa shape index (κ3) is 2.86. The fourth-order valence-electron chi connectivity index (χ4n) is 2.33. The van der Waals surface area contributed by atoms with Crippen LogP contribution >= 0.6 is 0 Å². The van der Waals surface area contributed by atoms with Crippen LogP contribution in [0, 0.1) is 0 Å². The molecule has 0 aliphatic carbocycles. The van der Waals surface area contributed by atoms with Gasteiger partial charge in [0.25, 0.3) is 0 Å².